The molecular weight excluding hydrogens is 916 g/mol. The minimum absolute atomic E-state index is 0.0104. The van der Waals surface area contributed by atoms with Gasteiger partial charge in [-0.15, -0.1) is 0 Å². The van der Waals surface area contributed by atoms with E-state index in [2.05, 4.69) is 52.2 Å². The van der Waals surface area contributed by atoms with Gasteiger partial charge in [-0.25, -0.2) is 9.59 Å². The Morgan fingerprint density at radius 2 is 1.16 bits per heavy atom. The predicted molar refractivity (Wildman–Crippen MR) is 237 cm³/mol. The van der Waals surface area contributed by atoms with Crippen LogP contribution in [0.4, 0.5) is 9.59 Å². The van der Waals surface area contributed by atoms with E-state index in [4.69, 9.17) is 19.2 Å². The van der Waals surface area contributed by atoms with Gasteiger partial charge in [0.05, 0.1) is 52.6 Å². The fourth-order valence-electron chi connectivity index (χ4n) is 8.03. The second kappa shape index (κ2) is 20.0. The summed E-state index contributed by atoms with van der Waals surface area (Å²) in [5, 5.41) is 5.27. The maximum Gasteiger partial charge on any atom is 0.407 e. The number of methoxy groups -OCH3 is 2. The molecule has 17 heteroatoms. The van der Waals surface area contributed by atoms with Crippen molar-refractivity contribution < 1.29 is 42.9 Å². The Morgan fingerprint density at radius 3 is 1.61 bits per heavy atom. The van der Waals surface area contributed by atoms with Gasteiger partial charge in [0.1, 0.15) is 12.1 Å². The van der Waals surface area contributed by atoms with Crippen molar-refractivity contribution in [3.05, 3.63) is 81.0 Å². The normalized spacial score (nSPS) is 21.4. The summed E-state index contributed by atoms with van der Waals surface area (Å²) in [5.41, 5.74) is 5.99. The number of ketones is 1. The monoisotopic (exact) mass is 966 g/mol. The zero-order valence-electron chi connectivity index (χ0n) is 35.1. The summed E-state index contributed by atoms with van der Waals surface area (Å²) in [6.07, 6.45) is 4.36. The van der Waals surface area contributed by atoms with Gasteiger partial charge in [0, 0.05) is 58.5 Å². The molecule has 0 bridgehead atoms. The lowest BCUT2D eigenvalue weighted by Gasteiger charge is -2.31. The van der Waals surface area contributed by atoms with Crippen molar-refractivity contribution >= 4 is 84.2 Å². The highest BCUT2D eigenvalue weighted by Crippen LogP contribution is 2.39. The quantitative estimate of drug-likeness (QED) is 0.268. The van der Waals surface area contributed by atoms with Crippen LogP contribution in [0.25, 0.3) is 11.1 Å². The summed E-state index contributed by atoms with van der Waals surface area (Å²) in [6.45, 7) is 8.79. The van der Waals surface area contributed by atoms with Gasteiger partial charge in [-0.3, -0.25) is 24.4 Å². The van der Waals surface area contributed by atoms with Crippen molar-refractivity contribution in [2.24, 2.45) is 21.8 Å². The van der Waals surface area contributed by atoms with E-state index >= 15 is 0 Å². The number of aliphatic imine (C=N–C) groups is 2. The van der Waals surface area contributed by atoms with Crippen LogP contribution in [0, 0.1) is 11.8 Å². The molecule has 2 aromatic rings. The summed E-state index contributed by atoms with van der Waals surface area (Å²) >= 11 is 6.89. The third-order valence-electron chi connectivity index (χ3n) is 11.3. The maximum atomic E-state index is 13.6. The van der Waals surface area contributed by atoms with E-state index < -0.39 is 30.1 Å². The molecule has 5 heterocycles. The second-order valence-electron chi connectivity index (χ2n) is 16.2. The molecule has 7 rings (SSSR count). The first-order valence-electron chi connectivity index (χ1n) is 20.2. The third kappa shape index (κ3) is 10.9. The lowest BCUT2D eigenvalue weighted by Crippen LogP contribution is -2.54. The number of hydrogen-bond acceptors (Lipinski definition) is 11. The van der Waals surface area contributed by atoms with E-state index in [0.717, 1.165) is 42.6 Å². The zero-order chi connectivity index (χ0) is 44.0. The molecule has 3 fully saturated rings. The Labute approximate surface area is 372 Å². The Kier molecular flexibility index (Phi) is 15.0. The first-order chi connectivity index (χ1) is 29.1. The van der Waals surface area contributed by atoms with Crippen LogP contribution in [0.1, 0.15) is 64.5 Å². The molecule has 5 aliphatic rings. The number of nitrogens with zero attached hydrogens (tertiary/aromatic N) is 4. The largest absolute Gasteiger partial charge is 0.453 e. The summed E-state index contributed by atoms with van der Waals surface area (Å²) < 4.78 is 23.3. The number of nitrogens with one attached hydrogen (secondary N) is 2. The zero-order valence-corrected chi connectivity index (χ0v) is 38.3. The smallest absolute Gasteiger partial charge is 0.407 e. The number of likely N-dealkylation sites (tertiary alicyclic amines) is 2. The number of alkyl carbamates (subject to hydrolysis) is 2. The van der Waals surface area contributed by atoms with Crippen LogP contribution in [0.5, 0.6) is 0 Å². The van der Waals surface area contributed by atoms with Crippen LogP contribution < -0.4 is 10.6 Å². The number of ether oxygens (including phenoxy) is 4. The number of carbonyl (C=O) groups is 5. The van der Waals surface area contributed by atoms with E-state index in [-0.39, 0.29) is 54.5 Å². The molecule has 0 unspecified atom stereocenters. The number of rotatable bonds is 10. The average molecular weight is 969 g/mol. The van der Waals surface area contributed by atoms with Gasteiger partial charge in [-0.1, -0.05) is 83.8 Å². The van der Waals surface area contributed by atoms with Gasteiger partial charge < -0.3 is 39.4 Å². The molecule has 1 spiro atoms. The topological polar surface area (TPSA) is 178 Å². The molecule has 0 aliphatic carbocycles. The lowest BCUT2D eigenvalue weighted by molar-refractivity contribution is -0.153. The Bertz CT molecular complexity index is 2110. The van der Waals surface area contributed by atoms with Crippen LogP contribution in [-0.2, 0) is 33.3 Å². The third-order valence-corrected chi connectivity index (χ3v) is 12.4. The Morgan fingerprint density at radius 1 is 0.721 bits per heavy atom. The summed E-state index contributed by atoms with van der Waals surface area (Å²) in [4.78, 5) is 75.0. The molecule has 15 nitrogen and oxygen atoms in total. The van der Waals surface area contributed by atoms with Crippen LogP contribution in [0.3, 0.4) is 0 Å². The number of hydrogen-bond donors (Lipinski definition) is 2. The summed E-state index contributed by atoms with van der Waals surface area (Å²) in [7, 11) is 2.54. The fraction of sp³-hybridized carbons (Fsp3) is 0.477. The second-order valence-corrected chi connectivity index (χ2v) is 18.0. The highest BCUT2D eigenvalue weighted by atomic mass is 79.9. The highest BCUT2D eigenvalue weighted by molar-refractivity contribution is 9.10. The molecule has 0 saturated carbocycles. The first kappa shape index (κ1) is 45.8. The van der Waals surface area contributed by atoms with Crippen LogP contribution in [0.15, 0.2) is 79.9 Å². The van der Waals surface area contributed by atoms with E-state index in [0.29, 0.717) is 39.0 Å². The van der Waals surface area contributed by atoms with Crippen LogP contribution >= 0.6 is 31.9 Å². The Hall–Kier alpha value is -4.71. The van der Waals surface area contributed by atoms with Gasteiger partial charge in [0.2, 0.25) is 11.8 Å². The number of amides is 4. The molecule has 2 N–H and O–H groups in total. The van der Waals surface area contributed by atoms with Gasteiger partial charge >= 0.3 is 12.2 Å². The van der Waals surface area contributed by atoms with Gasteiger partial charge in [0.15, 0.2) is 11.6 Å². The molecule has 326 valence electrons. The molecule has 0 radical (unpaired) electrons. The van der Waals surface area contributed by atoms with Gasteiger partial charge in [-0.2, -0.15) is 0 Å². The Balaban J connectivity index is 0.000000205. The molecule has 61 heavy (non-hydrogen) atoms. The van der Waals surface area contributed by atoms with Gasteiger partial charge in [-0.05, 0) is 58.4 Å². The molecule has 5 aliphatic heterocycles. The predicted octanol–water partition coefficient (Wildman–Crippen LogP) is 6.54. The van der Waals surface area contributed by atoms with Crippen molar-refractivity contribution in [3.63, 3.8) is 0 Å². The fourth-order valence-corrected chi connectivity index (χ4v) is 8.56. The van der Waals surface area contributed by atoms with E-state index in [9.17, 15) is 24.0 Å². The average Bonchev–Trinajstić information content (AvgIpc) is 4.10. The molecule has 4 atom stereocenters. The van der Waals surface area contributed by atoms with Crippen molar-refractivity contribution in [3.8, 4) is 0 Å². The molecule has 3 saturated heterocycles. The maximum absolute atomic E-state index is 13.6. The van der Waals surface area contributed by atoms with Crippen molar-refractivity contribution in [2.45, 2.75) is 83.3 Å². The van der Waals surface area contributed by atoms with Crippen molar-refractivity contribution in [1.82, 2.24) is 20.4 Å². The summed E-state index contributed by atoms with van der Waals surface area (Å²) in [5.74, 6) is -1.59. The standard InChI is InChI=1S/C23H28BrN3O5.C21H24BrN3O4/c1-14(2)20(26-22(29)30-3)21(28)27-13-23(31-8-9-32-23)11-19(27)18-10-16(12-25-18)15-4-6-17(24)7-5-15;1-12(2)19(24-21(28)29-3)20(27)25-11-16(26)9-18(25)17-8-14(10-23-17)13-4-6-15(22)7-5-13/h4-7,12,14,19-20H,8-11,13H2,1-3H3,(H,26,29);4-7,10,12,18-19H,8-9,11H2,1-3H3,(H,24,28)/t19-,20-;18-,19-/m00/s1. The first-order valence-corrected chi connectivity index (χ1v) is 21.8. The number of Topliss-reactive ketones (excluding diaryl/α,β-unsaturated/α-hetero) is 1. The van der Waals surface area contributed by atoms with Crippen molar-refractivity contribution in [2.75, 3.05) is 40.5 Å². The van der Waals surface area contributed by atoms with Gasteiger partial charge in [0.25, 0.3) is 0 Å². The van der Waals surface area contributed by atoms with E-state index in [1.807, 2.05) is 82.4 Å². The molecular formula is C44H52Br2N6O9. The highest BCUT2D eigenvalue weighted by Gasteiger charge is 2.53. The minimum Gasteiger partial charge on any atom is -0.453 e. The summed E-state index contributed by atoms with van der Waals surface area (Å²) in [6, 6.07) is 13.9. The number of benzene rings is 2. The van der Waals surface area contributed by atoms with E-state index in [1.54, 1.807) is 16.0 Å². The minimum atomic E-state index is -0.823. The molecule has 0 aromatic heterocycles. The van der Waals surface area contributed by atoms with Crippen LogP contribution in [0.2, 0.25) is 0 Å². The van der Waals surface area contributed by atoms with E-state index in [1.165, 1.54) is 14.2 Å². The number of carbonyl (C=O) groups excluding carboxylic acids is 5. The molecule has 4 amide bonds. The SMILES string of the molecule is COC(=O)N[C@H](C(=O)N1CC(=O)C[C@H]1C1=NC=C(c2ccc(Br)cc2)C1)C(C)C.COC(=O)N[C@H](C(=O)N1CC2(C[C@H]1C1=NC=C(c3ccc(Br)cc3)C1)OCCO2)C(C)C. The number of allylic oxidation sites excluding steroid dienone is 2. The number of halogens is 2. The molecule has 2 aromatic carbocycles. The lowest BCUT2D eigenvalue weighted by atomic mass is 9.97. The van der Waals surface area contributed by atoms with Crippen molar-refractivity contribution in [1.29, 1.82) is 0 Å². The van der Waals surface area contributed by atoms with Crippen LogP contribution in [-0.4, -0.2) is 121 Å².